The van der Waals surface area contributed by atoms with Gasteiger partial charge in [-0.1, -0.05) is 44.2 Å². The van der Waals surface area contributed by atoms with Crippen LogP contribution in [0.2, 0.25) is 0 Å². The Morgan fingerprint density at radius 1 is 1.21 bits per heavy atom. The molecule has 132 valence electrons. The standard InChI is InChI=1S/C19H28N2O3/c1-4-24-17(22)15-10-12-21(13-11-15)18(23)20-14-19(2,3)16-8-6-5-7-9-16/h5-9,15H,4,10-14H2,1-3H3,(H,20,23). The zero-order valence-corrected chi connectivity index (χ0v) is 14.9. The van der Waals surface area contributed by atoms with Crippen molar-refractivity contribution >= 4 is 12.0 Å². The van der Waals surface area contributed by atoms with E-state index in [4.69, 9.17) is 4.74 Å². The smallest absolute Gasteiger partial charge is 0.317 e. The fourth-order valence-corrected chi connectivity index (χ4v) is 2.98. The number of hydrogen-bond acceptors (Lipinski definition) is 3. The van der Waals surface area contributed by atoms with Crippen molar-refractivity contribution in [1.82, 2.24) is 10.2 Å². The summed E-state index contributed by atoms with van der Waals surface area (Å²) in [6.07, 6.45) is 1.35. The first-order chi connectivity index (χ1) is 11.4. The van der Waals surface area contributed by atoms with Gasteiger partial charge in [0.05, 0.1) is 12.5 Å². The normalized spacial score (nSPS) is 15.9. The molecule has 0 spiro atoms. The summed E-state index contributed by atoms with van der Waals surface area (Å²) >= 11 is 0. The first kappa shape index (κ1) is 18.3. The number of piperidine rings is 1. The van der Waals surface area contributed by atoms with Crippen molar-refractivity contribution < 1.29 is 14.3 Å². The maximum Gasteiger partial charge on any atom is 0.317 e. The lowest BCUT2D eigenvalue weighted by molar-refractivity contribution is -0.149. The molecule has 0 atom stereocenters. The van der Waals surface area contributed by atoms with Crippen molar-refractivity contribution in [2.24, 2.45) is 5.92 Å². The van der Waals surface area contributed by atoms with E-state index < -0.39 is 0 Å². The molecule has 1 aromatic carbocycles. The molecule has 1 aliphatic heterocycles. The van der Waals surface area contributed by atoms with Crippen LogP contribution in [0.3, 0.4) is 0 Å². The third kappa shape index (κ3) is 4.73. The fraction of sp³-hybridized carbons (Fsp3) is 0.579. The second kappa shape index (κ2) is 8.18. The molecular weight excluding hydrogens is 304 g/mol. The lowest BCUT2D eigenvalue weighted by Gasteiger charge is -2.32. The van der Waals surface area contributed by atoms with E-state index in [1.54, 1.807) is 4.90 Å². The van der Waals surface area contributed by atoms with Gasteiger partial charge >= 0.3 is 12.0 Å². The summed E-state index contributed by atoms with van der Waals surface area (Å²) in [6.45, 7) is 8.24. The van der Waals surface area contributed by atoms with Crippen LogP contribution in [0.15, 0.2) is 30.3 Å². The average molecular weight is 332 g/mol. The molecule has 1 aliphatic rings. The molecule has 1 heterocycles. The average Bonchev–Trinajstić information content (AvgIpc) is 2.61. The van der Waals surface area contributed by atoms with Crippen LogP contribution in [0.25, 0.3) is 0 Å². The van der Waals surface area contributed by atoms with E-state index in [1.165, 1.54) is 5.56 Å². The van der Waals surface area contributed by atoms with Gasteiger partial charge in [0.2, 0.25) is 0 Å². The van der Waals surface area contributed by atoms with Gasteiger partial charge in [0, 0.05) is 25.0 Å². The number of carbonyl (C=O) groups excluding carboxylic acids is 2. The van der Waals surface area contributed by atoms with Crippen LogP contribution in [0.5, 0.6) is 0 Å². The largest absolute Gasteiger partial charge is 0.466 e. The van der Waals surface area contributed by atoms with Gasteiger partial charge in [-0.05, 0) is 25.3 Å². The van der Waals surface area contributed by atoms with E-state index in [0.717, 1.165) is 0 Å². The third-order valence-electron chi connectivity index (χ3n) is 4.64. The maximum atomic E-state index is 12.4. The molecule has 24 heavy (non-hydrogen) atoms. The molecule has 0 unspecified atom stereocenters. The molecule has 1 N–H and O–H groups in total. The van der Waals surface area contributed by atoms with Crippen molar-refractivity contribution in [3.8, 4) is 0 Å². The highest BCUT2D eigenvalue weighted by Crippen LogP contribution is 2.22. The number of amides is 2. The van der Waals surface area contributed by atoms with Gasteiger partial charge in [-0.15, -0.1) is 0 Å². The van der Waals surface area contributed by atoms with Crippen LogP contribution in [-0.4, -0.2) is 43.1 Å². The highest BCUT2D eigenvalue weighted by atomic mass is 16.5. The number of ether oxygens (including phenoxy) is 1. The van der Waals surface area contributed by atoms with E-state index in [9.17, 15) is 9.59 Å². The Balaban J connectivity index is 1.81. The minimum absolute atomic E-state index is 0.0543. The highest BCUT2D eigenvalue weighted by Gasteiger charge is 2.29. The molecule has 1 fully saturated rings. The number of urea groups is 1. The van der Waals surface area contributed by atoms with Crippen LogP contribution < -0.4 is 5.32 Å². The molecule has 5 heteroatoms. The predicted molar refractivity (Wildman–Crippen MR) is 93.8 cm³/mol. The summed E-state index contributed by atoms with van der Waals surface area (Å²) in [5.41, 5.74) is 1.08. The number of nitrogens with zero attached hydrogens (tertiary/aromatic N) is 1. The number of likely N-dealkylation sites (tertiary alicyclic amines) is 1. The van der Waals surface area contributed by atoms with E-state index in [2.05, 4.69) is 31.3 Å². The summed E-state index contributed by atoms with van der Waals surface area (Å²) < 4.78 is 5.06. The fourth-order valence-electron chi connectivity index (χ4n) is 2.98. The minimum atomic E-state index is -0.136. The number of esters is 1. The second-order valence-electron chi connectivity index (χ2n) is 6.92. The Labute approximate surface area is 144 Å². The van der Waals surface area contributed by atoms with Crippen LogP contribution in [0.1, 0.15) is 39.2 Å². The van der Waals surface area contributed by atoms with Gasteiger partial charge in [-0.2, -0.15) is 0 Å². The molecule has 1 saturated heterocycles. The number of carbonyl (C=O) groups is 2. The molecule has 5 nitrogen and oxygen atoms in total. The van der Waals surface area contributed by atoms with Crippen molar-refractivity contribution in [2.75, 3.05) is 26.2 Å². The van der Waals surface area contributed by atoms with Crippen LogP contribution >= 0.6 is 0 Å². The highest BCUT2D eigenvalue weighted by molar-refractivity contribution is 5.76. The van der Waals surface area contributed by atoms with Crippen molar-refractivity contribution in [1.29, 1.82) is 0 Å². The predicted octanol–water partition coefficient (Wildman–Crippen LogP) is 2.95. The topological polar surface area (TPSA) is 58.6 Å². The Morgan fingerprint density at radius 2 is 1.83 bits per heavy atom. The molecule has 2 amide bonds. The van der Waals surface area contributed by atoms with Gasteiger partial charge in [-0.25, -0.2) is 4.79 Å². The zero-order chi connectivity index (χ0) is 17.6. The van der Waals surface area contributed by atoms with Crippen molar-refractivity contribution in [3.05, 3.63) is 35.9 Å². The van der Waals surface area contributed by atoms with Crippen LogP contribution in [0.4, 0.5) is 4.79 Å². The van der Waals surface area contributed by atoms with E-state index >= 15 is 0 Å². The Bertz CT molecular complexity index is 549. The van der Waals surface area contributed by atoms with Gasteiger partial charge < -0.3 is 15.0 Å². The summed E-state index contributed by atoms with van der Waals surface area (Å²) in [7, 11) is 0. The SMILES string of the molecule is CCOC(=O)C1CCN(C(=O)NCC(C)(C)c2ccccc2)CC1. The maximum absolute atomic E-state index is 12.4. The van der Waals surface area contributed by atoms with Crippen molar-refractivity contribution in [2.45, 2.75) is 39.0 Å². The van der Waals surface area contributed by atoms with Crippen LogP contribution in [0, 0.1) is 5.92 Å². The van der Waals surface area contributed by atoms with Crippen molar-refractivity contribution in [3.63, 3.8) is 0 Å². The Morgan fingerprint density at radius 3 is 2.42 bits per heavy atom. The number of benzene rings is 1. The number of hydrogen-bond donors (Lipinski definition) is 1. The lowest BCUT2D eigenvalue weighted by Crippen LogP contribution is -2.48. The first-order valence-electron chi connectivity index (χ1n) is 8.69. The summed E-state index contributed by atoms with van der Waals surface area (Å²) in [5.74, 6) is -0.211. The van der Waals surface area contributed by atoms with E-state index in [-0.39, 0.29) is 23.3 Å². The summed E-state index contributed by atoms with van der Waals surface area (Å²) in [4.78, 5) is 25.9. The van der Waals surface area contributed by atoms with E-state index in [1.807, 2.05) is 25.1 Å². The molecule has 0 bridgehead atoms. The molecule has 2 rings (SSSR count). The monoisotopic (exact) mass is 332 g/mol. The van der Waals surface area contributed by atoms with Gasteiger partial charge in [0.25, 0.3) is 0 Å². The Kier molecular flexibility index (Phi) is 6.23. The molecule has 1 aromatic rings. The molecule has 0 saturated carbocycles. The first-order valence-corrected chi connectivity index (χ1v) is 8.69. The minimum Gasteiger partial charge on any atom is -0.466 e. The molecule has 0 aliphatic carbocycles. The second-order valence-corrected chi connectivity index (χ2v) is 6.92. The third-order valence-corrected chi connectivity index (χ3v) is 4.64. The molecule has 0 radical (unpaired) electrons. The Hall–Kier alpha value is -2.04. The lowest BCUT2D eigenvalue weighted by atomic mass is 9.85. The number of nitrogens with one attached hydrogen (secondary N) is 1. The van der Waals surface area contributed by atoms with Gasteiger partial charge in [-0.3, -0.25) is 4.79 Å². The van der Waals surface area contributed by atoms with Gasteiger partial charge in [0.15, 0.2) is 0 Å². The zero-order valence-electron chi connectivity index (χ0n) is 14.9. The summed E-state index contributed by atoms with van der Waals surface area (Å²) in [5, 5.41) is 3.03. The van der Waals surface area contributed by atoms with Gasteiger partial charge in [0.1, 0.15) is 0 Å². The molecular formula is C19H28N2O3. The number of rotatable bonds is 5. The summed E-state index contributed by atoms with van der Waals surface area (Å²) in [6, 6.07) is 10.1. The van der Waals surface area contributed by atoms with E-state index in [0.29, 0.717) is 39.1 Å². The molecule has 0 aromatic heterocycles. The van der Waals surface area contributed by atoms with Crippen LogP contribution in [-0.2, 0) is 14.9 Å². The quantitative estimate of drug-likeness (QED) is 0.844.